The van der Waals surface area contributed by atoms with Gasteiger partial charge >= 0.3 is 0 Å². The molecule has 6 heterocycles. The summed E-state index contributed by atoms with van der Waals surface area (Å²) in [4.78, 5) is 75.4. The molecule has 378 valence electrons. The van der Waals surface area contributed by atoms with Crippen LogP contribution in [0.3, 0.4) is 0 Å². The summed E-state index contributed by atoms with van der Waals surface area (Å²) in [5.74, 6) is -1.34. The van der Waals surface area contributed by atoms with Gasteiger partial charge in [-0.15, -0.1) is 0 Å². The van der Waals surface area contributed by atoms with E-state index in [-0.39, 0.29) is 54.0 Å². The van der Waals surface area contributed by atoms with Crippen molar-refractivity contribution in [1.82, 2.24) is 45.1 Å². The second kappa shape index (κ2) is 24.4. The number of anilines is 3. The molecule has 2 aromatic carbocycles. The molecule has 4 N–H and O–H groups in total. The maximum absolute atomic E-state index is 14.4. The Kier molecular flexibility index (Phi) is 17.4. The standard InChI is InChI=1S/C52H65F2N11O6/c1-34-29-44(62-61-34)57-47-41-33-56-65(48(41)60-52(59-47)55-32-35-18-19-36(53)30-42(35)54)37-24-26-63(27-25-37)46(67)17-15-13-11-9-7-5-3-2-4-6-8-10-12-14-16-28-71-38-20-21-39-40(31-38)51(70)64(50(39)69)43-22-23-45(66)58-49(43)68/h18-21,29-31,33,37,43H,2-17,22-28,32H2,1H3,(H,58,66,68)(H3,55,57,59,60,61,62). The fraction of sp³-hybridized carbons (Fsp3) is 0.519. The van der Waals surface area contributed by atoms with Crippen LogP contribution in [-0.2, 0) is 20.9 Å². The number of hydrogen-bond acceptors (Lipinski definition) is 12. The Balaban J connectivity index is 0.641. The molecule has 0 bridgehead atoms. The lowest BCUT2D eigenvalue weighted by molar-refractivity contribution is -0.136. The molecule has 8 rings (SSSR count). The predicted octanol–water partition coefficient (Wildman–Crippen LogP) is 9.38. The van der Waals surface area contributed by atoms with E-state index in [1.807, 2.05) is 22.6 Å². The Morgan fingerprint density at radius 3 is 2.13 bits per heavy atom. The molecule has 2 fully saturated rings. The van der Waals surface area contributed by atoms with E-state index in [4.69, 9.17) is 14.8 Å². The summed E-state index contributed by atoms with van der Waals surface area (Å²) in [6, 6.07) is 9.18. The number of benzene rings is 2. The van der Waals surface area contributed by atoms with E-state index in [2.05, 4.69) is 31.1 Å². The lowest BCUT2D eigenvalue weighted by Gasteiger charge is -2.32. The first-order chi connectivity index (χ1) is 34.5. The molecule has 2 saturated heterocycles. The van der Waals surface area contributed by atoms with E-state index < -0.39 is 41.3 Å². The van der Waals surface area contributed by atoms with Gasteiger partial charge in [0.05, 0.1) is 35.4 Å². The number of aromatic amines is 1. The van der Waals surface area contributed by atoms with E-state index in [0.717, 1.165) is 68.0 Å². The summed E-state index contributed by atoms with van der Waals surface area (Å²) in [5, 5.41) is 21.2. The second-order valence-corrected chi connectivity index (χ2v) is 19.0. The third-order valence-electron chi connectivity index (χ3n) is 13.7. The van der Waals surface area contributed by atoms with E-state index in [0.29, 0.717) is 54.5 Å². The maximum atomic E-state index is 14.4. The van der Waals surface area contributed by atoms with Gasteiger partial charge in [0.25, 0.3) is 11.8 Å². The van der Waals surface area contributed by atoms with Crippen LogP contribution in [0.25, 0.3) is 11.0 Å². The number of carbonyl (C=O) groups is 5. The number of halogens is 2. The minimum Gasteiger partial charge on any atom is -0.494 e. The Hall–Kier alpha value is -6.79. The number of ether oxygens (including phenoxy) is 1. The molecule has 5 amide bonds. The smallest absolute Gasteiger partial charge is 0.262 e. The number of unbranched alkanes of at least 4 members (excludes halogenated alkanes) is 14. The summed E-state index contributed by atoms with van der Waals surface area (Å²) >= 11 is 0. The van der Waals surface area contributed by atoms with Crippen LogP contribution in [0.1, 0.15) is 166 Å². The molecule has 1 atom stereocenters. The van der Waals surface area contributed by atoms with Crippen molar-refractivity contribution in [2.45, 2.75) is 154 Å². The minimum absolute atomic E-state index is 0.0281. The summed E-state index contributed by atoms with van der Waals surface area (Å²) < 4.78 is 35.7. The van der Waals surface area contributed by atoms with Gasteiger partial charge in [-0.1, -0.05) is 89.5 Å². The number of rotatable bonds is 26. The number of H-pyrrole nitrogens is 1. The van der Waals surface area contributed by atoms with Gasteiger partial charge in [0.1, 0.15) is 29.2 Å². The Morgan fingerprint density at radius 2 is 1.46 bits per heavy atom. The van der Waals surface area contributed by atoms with Gasteiger partial charge in [0.15, 0.2) is 11.5 Å². The summed E-state index contributed by atoms with van der Waals surface area (Å²) in [5.41, 5.74) is 2.23. The number of hydrogen-bond donors (Lipinski definition) is 4. The predicted molar refractivity (Wildman–Crippen MR) is 263 cm³/mol. The van der Waals surface area contributed by atoms with Crippen molar-refractivity contribution in [2.24, 2.45) is 0 Å². The highest BCUT2D eigenvalue weighted by atomic mass is 19.1. The molecule has 71 heavy (non-hydrogen) atoms. The highest BCUT2D eigenvalue weighted by molar-refractivity contribution is 6.23. The third kappa shape index (κ3) is 13.1. The Labute approximate surface area is 412 Å². The molecule has 1 unspecified atom stereocenters. The summed E-state index contributed by atoms with van der Waals surface area (Å²) in [6.07, 6.45) is 21.4. The number of imide groups is 2. The lowest BCUT2D eigenvalue weighted by Crippen LogP contribution is -2.54. The first-order valence-corrected chi connectivity index (χ1v) is 25.5. The molecule has 0 radical (unpaired) electrons. The van der Waals surface area contributed by atoms with E-state index >= 15 is 0 Å². The minimum atomic E-state index is -0.983. The van der Waals surface area contributed by atoms with E-state index in [1.165, 1.54) is 69.9 Å². The number of amides is 5. The number of aryl methyl sites for hydroxylation is 1. The second-order valence-electron chi connectivity index (χ2n) is 19.0. The zero-order valence-corrected chi connectivity index (χ0v) is 40.6. The first kappa shape index (κ1) is 50.6. The van der Waals surface area contributed by atoms with Crippen LogP contribution in [0, 0.1) is 18.6 Å². The van der Waals surface area contributed by atoms with Crippen LogP contribution >= 0.6 is 0 Å². The molecule has 0 spiro atoms. The molecule has 5 aromatic rings. The van der Waals surface area contributed by atoms with Gasteiger partial charge in [0.2, 0.25) is 23.7 Å². The van der Waals surface area contributed by atoms with Crippen LogP contribution in [0.4, 0.5) is 26.4 Å². The van der Waals surface area contributed by atoms with Gasteiger partial charge in [-0.2, -0.15) is 20.2 Å². The van der Waals surface area contributed by atoms with Crippen molar-refractivity contribution in [2.75, 3.05) is 30.3 Å². The number of likely N-dealkylation sites (tertiary alicyclic amines) is 1. The van der Waals surface area contributed by atoms with Gasteiger partial charge in [0, 0.05) is 55.9 Å². The monoisotopic (exact) mass is 978 g/mol. The van der Waals surface area contributed by atoms with Crippen molar-refractivity contribution >= 4 is 58.2 Å². The molecular formula is C52H65F2N11O6. The number of piperidine rings is 2. The van der Waals surface area contributed by atoms with Crippen molar-refractivity contribution in [3.05, 3.63) is 82.7 Å². The van der Waals surface area contributed by atoms with Gasteiger partial charge < -0.3 is 20.3 Å². The zero-order chi connectivity index (χ0) is 49.7. The molecular weight excluding hydrogens is 913 g/mol. The van der Waals surface area contributed by atoms with Crippen LogP contribution in [0.2, 0.25) is 0 Å². The average Bonchev–Trinajstić information content (AvgIpc) is 4.05. The highest BCUT2D eigenvalue weighted by Crippen LogP contribution is 2.32. The van der Waals surface area contributed by atoms with Gasteiger partial charge in [-0.05, 0) is 63.3 Å². The first-order valence-electron chi connectivity index (χ1n) is 25.5. The number of aromatic nitrogens is 6. The van der Waals surface area contributed by atoms with Crippen molar-refractivity contribution < 1.29 is 37.5 Å². The van der Waals surface area contributed by atoms with Crippen LogP contribution in [-0.4, -0.2) is 95.0 Å². The topological polar surface area (TPSA) is 209 Å². The van der Waals surface area contributed by atoms with Crippen LogP contribution in [0.15, 0.2) is 48.7 Å². The van der Waals surface area contributed by atoms with Crippen LogP contribution in [0.5, 0.6) is 5.75 Å². The van der Waals surface area contributed by atoms with Crippen molar-refractivity contribution in [3.8, 4) is 5.75 Å². The fourth-order valence-electron chi connectivity index (χ4n) is 9.73. The number of carbonyl (C=O) groups excluding carboxylic acids is 5. The number of nitrogens with one attached hydrogen (secondary N) is 4. The number of fused-ring (bicyclic) bond motifs is 2. The van der Waals surface area contributed by atoms with Gasteiger partial charge in [-0.3, -0.25) is 39.3 Å². The fourth-order valence-corrected chi connectivity index (χ4v) is 9.73. The molecule has 3 aliphatic heterocycles. The molecule has 0 aliphatic carbocycles. The van der Waals surface area contributed by atoms with Crippen molar-refractivity contribution in [1.29, 1.82) is 0 Å². The Morgan fingerprint density at radius 1 is 0.789 bits per heavy atom. The van der Waals surface area contributed by atoms with E-state index in [1.54, 1.807) is 24.4 Å². The summed E-state index contributed by atoms with van der Waals surface area (Å²) in [6.45, 7) is 3.76. The molecule has 17 nitrogen and oxygen atoms in total. The third-order valence-corrected chi connectivity index (χ3v) is 13.7. The zero-order valence-electron chi connectivity index (χ0n) is 40.6. The van der Waals surface area contributed by atoms with Gasteiger partial charge in [-0.25, -0.2) is 13.5 Å². The Bertz CT molecular complexity index is 2680. The summed E-state index contributed by atoms with van der Waals surface area (Å²) in [7, 11) is 0. The highest BCUT2D eigenvalue weighted by Gasteiger charge is 2.44. The normalized spacial score (nSPS) is 16.2. The average molecular weight is 978 g/mol. The molecule has 3 aromatic heterocycles. The lowest BCUT2D eigenvalue weighted by atomic mass is 10.0. The molecule has 3 aliphatic rings. The largest absolute Gasteiger partial charge is 0.494 e. The van der Waals surface area contributed by atoms with E-state index in [9.17, 15) is 32.8 Å². The quantitative estimate of drug-likeness (QED) is 0.0302. The molecule has 19 heteroatoms. The number of nitrogens with zero attached hydrogens (tertiary/aromatic N) is 7. The van der Waals surface area contributed by atoms with Crippen LogP contribution < -0.4 is 20.7 Å². The molecule has 0 saturated carbocycles. The SMILES string of the molecule is Cc1cc(Nc2nc(NCc3ccc(F)cc3F)nc3c2cnn3C2CCN(C(=O)CCCCCCCCCCCCCCCCCOc3ccc4c(c3)C(=O)N(C3CCC(=O)NC3=O)C4=O)CC2)n[nH]1. The van der Waals surface area contributed by atoms with Crippen molar-refractivity contribution in [3.63, 3.8) is 0 Å². The maximum Gasteiger partial charge on any atom is 0.262 e.